The molecule has 3 aromatic rings. The summed E-state index contributed by atoms with van der Waals surface area (Å²) >= 11 is 0. The number of rotatable bonds is 9. The van der Waals surface area contributed by atoms with Crippen molar-refractivity contribution in [1.29, 1.82) is 0 Å². The molecule has 0 radical (unpaired) electrons. The lowest BCUT2D eigenvalue weighted by Gasteiger charge is -2.23. The highest BCUT2D eigenvalue weighted by molar-refractivity contribution is 5.94. The summed E-state index contributed by atoms with van der Waals surface area (Å²) in [5.74, 6) is 1.08. The van der Waals surface area contributed by atoms with Gasteiger partial charge in [0.05, 0.1) is 11.3 Å². The molecule has 0 aliphatic heterocycles. The topological polar surface area (TPSA) is 57.0 Å². The number of fused-ring (bicyclic) bond motifs is 1. The van der Waals surface area contributed by atoms with Crippen molar-refractivity contribution >= 4 is 17.4 Å². The lowest BCUT2D eigenvalue weighted by atomic mass is 10.2. The van der Waals surface area contributed by atoms with Crippen LogP contribution in [0.1, 0.15) is 35.5 Å². The minimum absolute atomic E-state index is 0.0516. The SMILES string of the molecule is CCc1nc2ccc(C(=O)N(CC)CCN(C)C)cn2c1N(C)Cc1ccncc1. The minimum Gasteiger partial charge on any atom is -0.355 e. The molecule has 0 bridgehead atoms. The molecule has 3 heterocycles. The normalized spacial score (nSPS) is 11.3. The monoisotopic (exact) mass is 408 g/mol. The van der Waals surface area contributed by atoms with Crippen LogP contribution in [0.4, 0.5) is 5.82 Å². The van der Waals surface area contributed by atoms with Gasteiger partial charge < -0.3 is 14.7 Å². The van der Waals surface area contributed by atoms with E-state index in [4.69, 9.17) is 4.98 Å². The zero-order valence-electron chi connectivity index (χ0n) is 18.7. The molecule has 3 aromatic heterocycles. The van der Waals surface area contributed by atoms with Crippen LogP contribution < -0.4 is 4.90 Å². The quantitative estimate of drug-likeness (QED) is 0.545. The number of hydrogen-bond donors (Lipinski definition) is 0. The summed E-state index contributed by atoms with van der Waals surface area (Å²) < 4.78 is 2.05. The highest BCUT2D eigenvalue weighted by atomic mass is 16.2. The Bertz CT molecular complexity index is 982. The molecule has 160 valence electrons. The van der Waals surface area contributed by atoms with Gasteiger partial charge in [-0.15, -0.1) is 0 Å². The van der Waals surface area contributed by atoms with Gasteiger partial charge >= 0.3 is 0 Å². The van der Waals surface area contributed by atoms with Crippen LogP contribution in [-0.4, -0.2) is 70.9 Å². The Morgan fingerprint density at radius 1 is 1.03 bits per heavy atom. The maximum absolute atomic E-state index is 13.1. The summed E-state index contributed by atoms with van der Waals surface area (Å²) in [5.41, 5.74) is 3.74. The summed E-state index contributed by atoms with van der Waals surface area (Å²) in [6, 6.07) is 7.86. The molecule has 0 atom stereocenters. The molecule has 0 spiro atoms. The smallest absolute Gasteiger partial charge is 0.255 e. The Kier molecular flexibility index (Phi) is 7.05. The van der Waals surface area contributed by atoms with Crippen LogP contribution in [0.3, 0.4) is 0 Å². The Morgan fingerprint density at radius 2 is 1.77 bits per heavy atom. The molecule has 0 unspecified atom stereocenters. The van der Waals surface area contributed by atoms with Gasteiger partial charge in [-0.1, -0.05) is 6.92 Å². The summed E-state index contributed by atoms with van der Waals surface area (Å²) in [5, 5.41) is 0. The van der Waals surface area contributed by atoms with E-state index < -0.39 is 0 Å². The number of imidazole rings is 1. The Hall–Kier alpha value is -2.93. The predicted octanol–water partition coefficient (Wildman–Crippen LogP) is 2.95. The van der Waals surface area contributed by atoms with Gasteiger partial charge in [0, 0.05) is 51.8 Å². The van der Waals surface area contributed by atoms with Gasteiger partial charge in [0.15, 0.2) is 0 Å². The lowest BCUT2D eigenvalue weighted by molar-refractivity contribution is 0.0753. The largest absolute Gasteiger partial charge is 0.355 e. The summed E-state index contributed by atoms with van der Waals surface area (Å²) in [7, 11) is 6.10. The number of hydrogen-bond acceptors (Lipinski definition) is 5. The number of pyridine rings is 2. The second-order valence-corrected chi connectivity index (χ2v) is 7.78. The van der Waals surface area contributed by atoms with E-state index in [2.05, 4.69) is 28.8 Å². The van der Waals surface area contributed by atoms with Gasteiger partial charge in [-0.3, -0.25) is 14.2 Å². The van der Waals surface area contributed by atoms with Crippen molar-refractivity contribution in [2.24, 2.45) is 0 Å². The summed E-state index contributed by atoms with van der Waals surface area (Å²) in [6.45, 7) is 7.10. The average Bonchev–Trinajstić information content (AvgIpc) is 3.12. The molecule has 0 saturated carbocycles. The lowest BCUT2D eigenvalue weighted by Crippen LogP contribution is -2.36. The number of likely N-dealkylation sites (N-methyl/N-ethyl adjacent to an activating group) is 2. The van der Waals surface area contributed by atoms with E-state index in [0.717, 1.165) is 36.7 Å². The first-order chi connectivity index (χ1) is 14.4. The number of aryl methyl sites for hydroxylation is 1. The van der Waals surface area contributed by atoms with Crippen LogP contribution in [0.5, 0.6) is 0 Å². The summed E-state index contributed by atoms with van der Waals surface area (Å²) in [4.78, 5) is 28.2. The summed E-state index contributed by atoms with van der Waals surface area (Å²) in [6.07, 6.45) is 6.37. The van der Waals surface area contributed by atoms with Crippen molar-refractivity contribution in [2.75, 3.05) is 45.7 Å². The molecular formula is C23H32N6O. The van der Waals surface area contributed by atoms with E-state index in [-0.39, 0.29) is 5.91 Å². The third kappa shape index (κ3) is 4.79. The van der Waals surface area contributed by atoms with E-state index in [0.29, 0.717) is 18.7 Å². The maximum Gasteiger partial charge on any atom is 0.255 e. The second kappa shape index (κ2) is 9.71. The molecule has 0 N–H and O–H groups in total. The van der Waals surface area contributed by atoms with Crippen LogP contribution in [0.25, 0.3) is 5.65 Å². The van der Waals surface area contributed by atoms with Crippen molar-refractivity contribution in [3.8, 4) is 0 Å². The van der Waals surface area contributed by atoms with Crippen LogP contribution in [-0.2, 0) is 13.0 Å². The van der Waals surface area contributed by atoms with E-state index in [9.17, 15) is 4.79 Å². The molecule has 7 heteroatoms. The molecule has 0 fully saturated rings. The third-order valence-corrected chi connectivity index (χ3v) is 5.26. The van der Waals surface area contributed by atoms with Gasteiger partial charge in [0.2, 0.25) is 0 Å². The number of amides is 1. The third-order valence-electron chi connectivity index (χ3n) is 5.26. The highest BCUT2D eigenvalue weighted by Crippen LogP contribution is 2.25. The van der Waals surface area contributed by atoms with Crippen molar-refractivity contribution in [3.05, 3.63) is 59.7 Å². The van der Waals surface area contributed by atoms with E-state index in [1.54, 1.807) is 0 Å². The number of aromatic nitrogens is 3. The zero-order chi connectivity index (χ0) is 21.7. The first kappa shape index (κ1) is 21.8. The first-order valence-corrected chi connectivity index (χ1v) is 10.5. The van der Waals surface area contributed by atoms with Crippen molar-refractivity contribution in [3.63, 3.8) is 0 Å². The Balaban J connectivity index is 1.94. The predicted molar refractivity (Wildman–Crippen MR) is 121 cm³/mol. The van der Waals surface area contributed by atoms with Crippen LogP contribution in [0.2, 0.25) is 0 Å². The van der Waals surface area contributed by atoms with Gasteiger partial charge in [0.25, 0.3) is 5.91 Å². The molecule has 30 heavy (non-hydrogen) atoms. The molecule has 0 aliphatic carbocycles. The standard InChI is InChI=1S/C23H32N6O/c1-6-20-22(27(5)16-18-10-12-24-13-11-18)29-17-19(8-9-21(29)25-20)23(30)28(7-2)15-14-26(3)4/h8-13,17H,6-7,14-16H2,1-5H3. The molecule has 0 saturated heterocycles. The minimum atomic E-state index is 0.0516. The zero-order valence-corrected chi connectivity index (χ0v) is 18.7. The van der Waals surface area contributed by atoms with Gasteiger partial charge in [0.1, 0.15) is 11.5 Å². The second-order valence-electron chi connectivity index (χ2n) is 7.78. The Labute approximate surface area is 179 Å². The molecule has 0 aliphatic rings. The van der Waals surface area contributed by atoms with Crippen molar-refractivity contribution in [1.82, 2.24) is 24.2 Å². The molecule has 0 aromatic carbocycles. The van der Waals surface area contributed by atoms with Crippen LogP contribution >= 0.6 is 0 Å². The maximum atomic E-state index is 13.1. The van der Waals surface area contributed by atoms with E-state index >= 15 is 0 Å². The highest BCUT2D eigenvalue weighted by Gasteiger charge is 2.19. The van der Waals surface area contributed by atoms with Crippen molar-refractivity contribution < 1.29 is 4.79 Å². The van der Waals surface area contributed by atoms with E-state index in [1.807, 2.05) is 73.2 Å². The molecular weight excluding hydrogens is 376 g/mol. The number of anilines is 1. The van der Waals surface area contributed by atoms with Crippen LogP contribution in [0.15, 0.2) is 42.9 Å². The van der Waals surface area contributed by atoms with Gasteiger partial charge in [-0.25, -0.2) is 4.98 Å². The first-order valence-electron chi connectivity index (χ1n) is 10.5. The molecule has 1 amide bonds. The molecule has 7 nitrogen and oxygen atoms in total. The fourth-order valence-electron chi connectivity index (χ4n) is 3.59. The van der Waals surface area contributed by atoms with Crippen LogP contribution in [0, 0.1) is 0 Å². The fourth-order valence-corrected chi connectivity index (χ4v) is 3.59. The number of nitrogens with zero attached hydrogens (tertiary/aromatic N) is 6. The number of carbonyl (C=O) groups excluding carboxylic acids is 1. The van der Waals surface area contributed by atoms with E-state index in [1.165, 1.54) is 5.56 Å². The van der Waals surface area contributed by atoms with Gasteiger partial charge in [-0.2, -0.15) is 0 Å². The van der Waals surface area contributed by atoms with Crippen molar-refractivity contribution in [2.45, 2.75) is 26.8 Å². The molecule has 3 rings (SSSR count). The fraction of sp³-hybridized carbons (Fsp3) is 0.435. The van der Waals surface area contributed by atoms with Gasteiger partial charge in [-0.05, 0) is 57.3 Å². The number of carbonyl (C=O) groups is 1. The average molecular weight is 409 g/mol. The Morgan fingerprint density at radius 3 is 2.40 bits per heavy atom.